The monoisotopic (exact) mass is 470 g/mol. The average Bonchev–Trinajstić information content (AvgIpc) is 2.97. The first-order chi connectivity index (χ1) is 14.9. The topological polar surface area (TPSA) is 83.8 Å². The summed E-state index contributed by atoms with van der Waals surface area (Å²) in [5.41, 5.74) is 0. The molecule has 1 aliphatic carbocycles. The van der Waals surface area contributed by atoms with Crippen molar-refractivity contribution in [1.29, 1.82) is 0 Å². The maximum absolute atomic E-state index is 13.0. The van der Waals surface area contributed by atoms with Crippen molar-refractivity contribution in [3.05, 3.63) is 0 Å². The lowest BCUT2D eigenvalue weighted by Gasteiger charge is -2.40. The molecule has 1 fully saturated rings. The Hall–Kier alpha value is -0.723. The summed E-state index contributed by atoms with van der Waals surface area (Å²) in [6, 6.07) is 0. The molecule has 188 valence electrons. The summed E-state index contributed by atoms with van der Waals surface area (Å²) in [5.74, 6) is -0.861. The number of carbonyl (C=O) groups excluding carboxylic acids is 1. The summed E-state index contributed by atoms with van der Waals surface area (Å²) in [6.07, 6.45) is 10.8. The molecular formula is C26H50O5Si. The minimum atomic E-state index is -2.01. The average molecular weight is 471 g/mol. The highest BCUT2D eigenvalue weighted by Gasteiger charge is 2.49. The minimum Gasteiger partial charge on any atom is -0.481 e. The molecule has 0 aromatic rings. The zero-order valence-electron chi connectivity index (χ0n) is 21.6. The Morgan fingerprint density at radius 1 is 1.06 bits per heavy atom. The Kier molecular flexibility index (Phi) is 12.7. The van der Waals surface area contributed by atoms with Crippen LogP contribution < -0.4 is 0 Å². The van der Waals surface area contributed by atoms with Gasteiger partial charge in [-0.1, -0.05) is 79.1 Å². The van der Waals surface area contributed by atoms with E-state index in [9.17, 15) is 14.7 Å². The fourth-order valence-corrected chi connectivity index (χ4v) is 6.02. The predicted molar refractivity (Wildman–Crippen MR) is 133 cm³/mol. The van der Waals surface area contributed by atoms with Gasteiger partial charge in [-0.2, -0.15) is 0 Å². The molecule has 1 rings (SSSR count). The second-order valence-corrected chi connectivity index (χ2v) is 16.1. The van der Waals surface area contributed by atoms with E-state index in [-0.39, 0.29) is 35.2 Å². The van der Waals surface area contributed by atoms with Crippen LogP contribution in [0.3, 0.4) is 0 Å². The second-order valence-electron chi connectivity index (χ2n) is 11.4. The summed E-state index contributed by atoms with van der Waals surface area (Å²) in [7, 11) is -2.01. The van der Waals surface area contributed by atoms with Gasteiger partial charge in [0, 0.05) is 18.8 Å². The predicted octanol–water partition coefficient (Wildman–Crippen LogP) is 6.73. The van der Waals surface area contributed by atoms with Crippen LogP contribution in [-0.2, 0) is 14.0 Å². The van der Waals surface area contributed by atoms with Crippen LogP contribution in [0.5, 0.6) is 0 Å². The van der Waals surface area contributed by atoms with E-state index in [1.807, 2.05) is 0 Å². The molecule has 1 aliphatic rings. The normalized spacial score (nSPS) is 23.0. The Bertz CT molecular complexity index is 569. The smallest absolute Gasteiger partial charge is 0.303 e. The molecule has 0 amide bonds. The van der Waals surface area contributed by atoms with Crippen molar-refractivity contribution in [2.24, 2.45) is 11.8 Å². The van der Waals surface area contributed by atoms with Gasteiger partial charge in [0.25, 0.3) is 0 Å². The first-order valence-corrected chi connectivity index (χ1v) is 15.9. The number of rotatable bonds is 16. The van der Waals surface area contributed by atoms with Crippen molar-refractivity contribution in [1.82, 2.24) is 0 Å². The largest absolute Gasteiger partial charge is 0.481 e. The summed E-state index contributed by atoms with van der Waals surface area (Å²) in [6.45, 7) is 13.4. The van der Waals surface area contributed by atoms with Crippen molar-refractivity contribution in [3.8, 4) is 0 Å². The van der Waals surface area contributed by atoms with Crippen molar-refractivity contribution < 1.29 is 24.2 Å². The number of carbonyl (C=O) groups is 2. The molecule has 5 nitrogen and oxygen atoms in total. The van der Waals surface area contributed by atoms with Gasteiger partial charge in [0.1, 0.15) is 5.78 Å². The van der Waals surface area contributed by atoms with Crippen LogP contribution in [0.15, 0.2) is 0 Å². The van der Waals surface area contributed by atoms with Gasteiger partial charge in [0.2, 0.25) is 0 Å². The number of aliphatic carboxylic acids is 1. The highest BCUT2D eigenvalue weighted by atomic mass is 28.4. The zero-order chi connectivity index (χ0) is 24.4. The Balaban J connectivity index is 2.78. The molecule has 0 aromatic heterocycles. The highest BCUT2D eigenvalue weighted by molar-refractivity contribution is 6.74. The van der Waals surface area contributed by atoms with Gasteiger partial charge in [0.15, 0.2) is 8.32 Å². The van der Waals surface area contributed by atoms with E-state index in [0.29, 0.717) is 19.3 Å². The van der Waals surface area contributed by atoms with Gasteiger partial charge >= 0.3 is 5.97 Å². The van der Waals surface area contributed by atoms with E-state index in [1.165, 1.54) is 32.1 Å². The van der Waals surface area contributed by atoms with Gasteiger partial charge < -0.3 is 14.6 Å². The highest BCUT2D eigenvalue weighted by Crippen LogP contribution is 2.44. The van der Waals surface area contributed by atoms with Crippen LogP contribution in [0.1, 0.15) is 111 Å². The van der Waals surface area contributed by atoms with E-state index >= 15 is 0 Å². The number of Topliss-reactive ketones (excluding diaryl/α,β-unsaturated/α-hetero) is 1. The molecule has 0 saturated heterocycles. The standard InChI is InChI=1S/C26H50O5Si/c1-7-8-9-10-11-13-16-20-23(31-32(5,6)26(2,3)4)19-22(28)25(20)21(27)17-14-12-15-18-24(29)30/h20-21,23,25,27H,7-19H2,1-6H3,(H,29,30). The fourth-order valence-electron chi connectivity index (χ4n) is 4.65. The number of aliphatic hydroxyl groups excluding tert-OH is 1. The van der Waals surface area contributed by atoms with Crippen LogP contribution in [-0.4, -0.2) is 42.5 Å². The molecule has 0 aromatic carbocycles. The first-order valence-electron chi connectivity index (χ1n) is 13.0. The Morgan fingerprint density at radius 3 is 2.25 bits per heavy atom. The van der Waals surface area contributed by atoms with Gasteiger partial charge in [-0.25, -0.2) is 0 Å². The van der Waals surface area contributed by atoms with Crippen LogP contribution in [0.2, 0.25) is 18.1 Å². The lowest BCUT2D eigenvalue weighted by atomic mass is 9.83. The molecule has 32 heavy (non-hydrogen) atoms. The SMILES string of the molecule is CCCCCCCCC1C(O[Si](C)(C)C(C)(C)C)CC(=O)C1C(O)CCCCCC(=O)O. The Morgan fingerprint density at radius 2 is 1.66 bits per heavy atom. The molecule has 1 saturated carbocycles. The van der Waals surface area contributed by atoms with Crippen LogP contribution in [0.4, 0.5) is 0 Å². The number of ketones is 1. The van der Waals surface area contributed by atoms with Crippen LogP contribution in [0.25, 0.3) is 0 Å². The van der Waals surface area contributed by atoms with Crippen LogP contribution >= 0.6 is 0 Å². The molecule has 2 N–H and O–H groups in total. The molecule has 0 aliphatic heterocycles. The molecule has 0 bridgehead atoms. The van der Waals surface area contributed by atoms with E-state index in [2.05, 4.69) is 40.8 Å². The van der Waals surface area contributed by atoms with Crippen LogP contribution in [0, 0.1) is 11.8 Å². The minimum absolute atomic E-state index is 0.0781. The van der Waals surface area contributed by atoms with Crippen molar-refractivity contribution in [3.63, 3.8) is 0 Å². The molecule has 4 unspecified atom stereocenters. The number of aliphatic hydroxyl groups is 1. The number of carboxylic acid groups (broad SMARTS) is 1. The van der Waals surface area contributed by atoms with E-state index < -0.39 is 20.4 Å². The molecule has 6 heteroatoms. The fraction of sp³-hybridized carbons (Fsp3) is 0.923. The van der Waals surface area contributed by atoms with Gasteiger partial charge in [0.05, 0.1) is 12.2 Å². The van der Waals surface area contributed by atoms with E-state index in [4.69, 9.17) is 9.53 Å². The maximum Gasteiger partial charge on any atom is 0.303 e. The summed E-state index contributed by atoms with van der Waals surface area (Å²) < 4.78 is 6.73. The first kappa shape index (κ1) is 29.3. The van der Waals surface area contributed by atoms with Crippen molar-refractivity contribution in [2.45, 2.75) is 142 Å². The van der Waals surface area contributed by atoms with Crippen molar-refractivity contribution in [2.75, 3.05) is 0 Å². The molecule has 0 radical (unpaired) electrons. The van der Waals surface area contributed by atoms with E-state index in [0.717, 1.165) is 25.7 Å². The number of unbranched alkanes of at least 4 members (excludes halogenated alkanes) is 7. The Labute approximate surface area is 197 Å². The summed E-state index contributed by atoms with van der Waals surface area (Å²) >= 11 is 0. The lowest BCUT2D eigenvalue weighted by molar-refractivity contribution is -0.137. The number of hydrogen-bond donors (Lipinski definition) is 2. The van der Waals surface area contributed by atoms with Gasteiger partial charge in [-0.15, -0.1) is 0 Å². The maximum atomic E-state index is 13.0. The quantitative estimate of drug-likeness (QED) is 0.193. The third-order valence-electron chi connectivity index (χ3n) is 7.66. The molecule has 0 heterocycles. The third-order valence-corrected chi connectivity index (χ3v) is 12.2. The van der Waals surface area contributed by atoms with Gasteiger partial charge in [-0.05, 0) is 43.3 Å². The zero-order valence-corrected chi connectivity index (χ0v) is 22.6. The van der Waals surface area contributed by atoms with E-state index in [1.54, 1.807) is 0 Å². The molecule has 0 spiro atoms. The molecule has 4 atom stereocenters. The molecular weight excluding hydrogens is 420 g/mol. The van der Waals surface area contributed by atoms with Crippen molar-refractivity contribution >= 4 is 20.1 Å². The lowest BCUT2D eigenvalue weighted by Crippen LogP contribution is -2.45. The third kappa shape index (κ3) is 9.64. The number of hydrogen-bond acceptors (Lipinski definition) is 4. The second kappa shape index (κ2) is 13.9. The number of carboxylic acids is 1. The van der Waals surface area contributed by atoms with Gasteiger partial charge in [-0.3, -0.25) is 9.59 Å². The summed E-state index contributed by atoms with van der Waals surface area (Å²) in [4.78, 5) is 23.7. The summed E-state index contributed by atoms with van der Waals surface area (Å²) in [5, 5.41) is 19.8.